The van der Waals surface area contributed by atoms with Crippen LogP contribution in [0.4, 0.5) is 5.82 Å². The van der Waals surface area contributed by atoms with Crippen LogP contribution in [-0.4, -0.2) is 61.2 Å². The highest BCUT2D eigenvalue weighted by Crippen LogP contribution is 2.67. The number of carbonyl (C=O) groups is 1. The Morgan fingerprint density at radius 1 is 1.50 bits per heavy atom. The van der Waals surface area contributed by atoms with Crippen LogP contribution in [0, 0.1) is 11.3 Å². The highest BCUT2D eigenvalue weighted by molar-refractivity contribution is 7.98. The van der Waals surface area contributed by atoms with Crippen molar-refractivity contribution in [3.8, 4) is 0 Å². The van der Waals surface area contributed by atoms with Crippen LogP contribution < -0.4 is 11.1 Å². The van der Waals surface area contributed by atoms with E-state index in [9.17, 15) is 15.0 Å². The Morgan fingerprint density at radius 3 is 2.92 bits per heavy atom. The fourth-order valence-electron chi connectivity index (χ4n) is 4.01. The molecule has 2 aromatic heterocycles. The average Bonchev–Trinajstić information content (AvgIpc) is 3.11. The van der Waals surface area contributed by atoms with E-state index in [2.05, 4.69) is 20.3 Å². The zero-order valence-corrected chi connectivity index (χ0v) is 14.0. The fraction of sp³-hybridized carbons (Fsp3) is 0.571. The van der Waals surface area contributed by atoms with Crippen LogP contribution in [-0.2, 0) is 4.79 Å². The van der Waals surface area contributed by atoms with Crippen molar-refractivity contribution in [2.45, 2.75) is 29.8 Å². The Balaban J connectivity index is 1.82. The number of nitrogen functional groups attached to an aromatic ring is 1. The lowest BCUT2D eigenvalue weighted by atomic mass is 9.98. The molecule has 2 aromatic rings. The zero-order chi connectivity index (χ0) is 17.2. The molecule has 128 valence electrons. The molecule has 0 spiro atoms. The number of aliphatic hydroxyl groups excluding tert-OH is 2. The third-order valence-electron chi connectivity index (χ3n) is 5.25. The molecule has 0 saturated heterocycles. The van der Waals surface area contributed by atoms with Crippen molar-refractivity contribution in [3.63, 3.8) is 0 Å². The SMILES string of the molecule is CNC(=O)[C@@]12C[C@@H]1[C@@H](n1cnc3c(N)nc(SC)nc31)[C@@H](O)C2O. The van der Waals surface area contributed by atoms with E-state index in [-0.39, 0.29) is 17.6 Å². The van der Waals surface area contributed by atoms with Gasteiger partial charge in [-0.05, 0) is 12.7 Å². The van der Waals surface area contributed by atoms with E-state index >= 15 is 0 Å². The lowest BCUT2D eigenvalue weighted by molar-refractivity contribution is -0.132. The minimum absolute atomic E-state index is 0.172. The van der Waals surface area contributed by atoms with Crippen molar-refractivity contribution in [1.29, 1.82) is 0 Å². The first-order valence-corrected chi connectivity index (χ1v) is 8.80. The van der Waals surface area contributed by atoms with Gasteiger partial charge in [0.05, 0.1) is 23.9 Å². The molecule has 2 fully saturated rings. The minimum atomic E-state index is -1.12. The molecule has 1 amide bonds. The molecule has 4 rings (SSSR count). The van der Waals surface area contributed by atoms with Crippen LogP contribution in [0.2, 0.25) is 0 Å². The van der Waals surface area contributed by atoms with E-state index in [1.165, 1.54) is 18.8 Å². The summed E-state index contributed by atoms with van der Waals surface area (Å²) in [6.07, 6.45) is 1.70. The van der Waals surface area contributed by atoms with E-state index in [1.54, 1.807) is 10.9 Å². The summed E-state index contributed by atoms with van der Waals surface area (Å²) in [6, 6.07) is -0.480. The molecule has 5 N–H and O–H groups in total. The van der Waals surface area contributed by atoms with Crippen molar-refractivity contribution in [2.75, 3.05) is 19.0 Å². The topological polar surface area (TPSA) is 139 Å². The van der Waals surface area contributed by atoms with E-state index < -0.39 is 23.7 Å². The highest BCUT2D eigenvalue weighted by Gasteiger charge is 2.75. The first-order chi connectivity index (χ1) is 11.5. The van der Waals surface area contributed by atoms with Gasteiger partial charge in [-0.25, -0.2) is 15.0 Å². The van der Waals surface area contributed by atoms with Crippen molar-refractivity contribution in [3.05, 3.63) is 6.33 Å². The van der Waals surface area contributed by atoms with Gasteiger partial charge >= 0.3 is 0 Å². The Hall–Kier alpha value is -1.91. The number of rotatable bonds is 3. The summed E-state index contributed by atoms with van der Waals surface area (Å²) in [5.74, 6) is -0.150. The quantitative estimate of drug-likeness (QED) is 0.415. The molecule has 0 bridgehead atoms. The van der Waals surface area contributed by atoms with Gasteiger partial charge in [-0.15, -0.1) is 0 Å². The molecule has 2 saturated carbocycles. The Labute approximate surface area is 141 Å². The molecule has 0 aliphatic heterocycles. The largest absolute Gasteiger partial charge is 0.389 e. The number of anilines is 1. The van der Waals surface area contributed by atoms with Gasteiger partial charge in [-0.2, -0.15) is 0 Å². The van der Waals surface area contributed by atoms with Gasteiger partial charge in [0.25, 0.3) is 0 Å². The van der Waals surface area contributed by atoms with Crippen LogP contribution in [0.5, 0.6) is 0 Å². The normalized spacial score (nSPS) is 34.3. The van der Waals surface area contributed by atoms with Crippen molar-refractivity contribution < 1.29 is 15.0 Å². The number of nitrogens with one attached hydrogen (secondary N) is 1. The Bertz CT molecular complexity index is 841. The van der Waals surface area contributed by atoms with Gasteiger partial charge in [0.2, 0.25) is 5.91 Å². The number of imidazole rings is 1. The summed E-state index contributed by atoms with van der Waals surface area (Å²) < 4.78 is 1.71. The molecule has 2 heterocycles. The molecule has 0 aromatic carbocycles. The van der Waals surface area contributed by atoms with Crippen LogP contribution >= 0.6 is 11.8 Å². The second kappa shape index (κ2) is 5.04. The van der Waals surface area contributed by atoms with Gasteiger partial charge in [0.1, 0.15) is 11.6 Å². The highest BCUT2D eigenvalue weighted by atomic mass is 32.2. The predicted molar refractivity (Wildman–Crippen MR) is 87.2 cm³/mol. The van der Waals surface area contributed by atoms with E-state index in [4.69, 9.17) is 5.73 Å². The summed E-state index contributed by atoms with van der Waals surface area (Å²) >= 11 is 1.35. The Morgan fingerprint density at radius 2 is 2.25 bits per heavy atom. The Kier molecular flexibility index (Phi) is 3.28. The van der Waals surface area contributed by atoms with Gasteiger partial charge in [0.15, 0.2) is 16.6 Å². The van der Waals surface area contributed by atoms with E-state index in [1.807, 2.05) is 6.26 Å². The van der Waals surface area contributed by atoms with Crippen LogP contribution in [0.15, 0.2) is 11.5 Å². The smallest absolute Gasteiger partial charge is 0.229 e. The van der Waals surface area contributed by atoms with Crippen LogP contribution in [0.3, 0.4) is 0 Å². The molecule has 1 unspecified atom stereocenters. The maximum atomic E-state index is 12.2. The summed E-state index contributed by atoms with van der Waals surface area (Å²) in [7, 11) is 1.53. The zero-order valence-electron chi connectivity index (χ0n) is 13.2. The summed E-state index contributed by atoms with van der Waals surface area (Å²) in [6.45, 7) is 0. The van der Waals surface area contributed by atoms with Crippen molar-refractivity contribution >= 4 is 34.7 Å². The predicted octanol–water partition coefficient (Wildman–Crippen LogP) is -0.841. The first-order valence-electron chi connectivity index (χ1n) is 7.58. The second-order valence-electron chi connectivity index (χ2n) is 6.28. The molecule has 24 heavy (non-hydrogen) atoms. The molecule has 2 aliphatic rings. The van der Waals surface area contributed by atoms with Crippen LogP contribution in [0.25, 0.3) is 11.2 Å². The molecular weight excluding hydrogens is 332 g/mol. The minimum Gasteiger partial charge on any atom is -0.389 e. The number of fused-ring (bicyclic) bond motifs is 2. The molecule has 9 nitrogen and oxygen atoms in total. The monoisotopic (exact) mass is 350 g/mol. The number of aromatic nitrogens is 4. The van der Waals surface area contributed by atoms with E-state index in [0.29, 0.717) is 22.7 Å². The van der Waals surface area contributed by atoms with Gasteiger partial charge in [-0.1, -0.05) is 11.8 Å². The third kappa shape index (κ3) is 1.78. The van der Waals surface area contributed by atoms with E-state index in [0.717, 1.165) is 0 Å². The van der Waals surface area contributed by atoms with Crippen LogP contribution in [0.1, 0.15) is 12.5 Å². The number of carbonyl (C=O) groups excluding carboxylic acids is 1. The fourth-order valence-corrected chi connectivity index (χ4v) is 4.38. The lowest BCUT2D eigenvalue weighted by Crippen LogP contribution is -2.41. The first kappa shape index (κ1) is 15.6. The number of nitrogens with two attached hydrogens (primary N) is 1. The lowest BCUT2D eigenvalue weighted by Gasteiger charge is -2.23. The number of nitrogens with zero attached hydrogens (tertiary/aromatic N) is 4. The third-order valence-corrected chi connectivity index (χ3v) is 5.80. The van der Waals surface area contributed by atoms with Gasteiger partial charge in [0, 0.05) is 13.0 Å². The maximum Gasteiger partial charge on any atom is 0.229 e. The van der Waals surface area contributed by atoms with Gasteiger partial charge < -0.3 is 25.8 Å². The molecular formula is C14H18N6O3S. The number of thioether (sulfide) groups is 1. The second-order valence-corrected chi connectivity index (χ2v) is 7.05. The number of amides is 1. The molecule has 10 heteroatoms. The summed E-state index contributed by atoms with van der Waals surface area (Å²) in [5, 5.41) is 24.1. The molecule has 2 aliphatic carbocycles. The van der Waals surface area contributed by atoms with Gasteiger partial charge in [-0.3, -0.25) is 4.79 Å². The molecule has 5 atom stereocenters. The number of hydrogen-bond acceptors (Lipinski definition) is 8. The molecule has 0 radical (unpaired) electrons. The average molecular weight is 350 g/mol. The summed E-state index contributed by atoms with van der Waals surface area (Å²) in [5.41, 5.74) is 5.95. The summed E-state index contributed by atoms with van der Waals surface area (Å²) in [4.78, 5) is 25.1. The maximum absolute atomic E-state index is 12.2. The number of hydrogen-bond donors (Lipinski definition) is 4. The van der Waals surface area contributed by atoms with Crippen molar-refractivity contribution in [2.24, 2.45) is 11.3 Å². The standard InChI is InChI=1S/C14H18N6O3S/c1-16-12(23)14-3-5(14)7(8(21)9(14)22)20-4-17-6-10(15)18-13(24-2)19-11(6)20/h4-5,7-9,21-22H,3H2,1-2H3,(H,16,23)(H2,15,18,19)/t5-,7-,8-,9?,14+/m1/s1. The van der Waals surface area contributed by atoms with Crippen molar-refractivity contribution in [1.82, 2.24) is 24.8 Å². The number of aliphatic hydroxyl groups is 2.